The molecule has 0 aliphatic carbocycles. The summed E-state index contributed by atoms with van der Waals surface area (Å²) in [6, 6.07) is 1.08. The fourth-order valence-electron chi connectivity index (χ4n) is 3.90. The summed E-state index contributed by atoms with van der Waals surface area (Å²) in [7, 11) is -4.35. The van der Waals surface area contributed by atoms with Crippen molar-refractivity contribution < 1.29 is 37.4 Å². The zero-order chi connectivity index (χ0) is 26.0. The van der Waals surface area contributed by atoms with E-state index in [0.29, 0.717) is 0 Å². The van der Waals surface area contributed by atoms with Gasteiger partial charge in [0.2, 0.25) is 0 Å². The van der Waals surface area contributed by atoms with Crippen LogP contribution in [0.5, 0.6) is 0 Å². The second kappa shape index (κ2) is 9.97. The largest absolute Gasteiger partial charge is 0.480 e. The molecule has 0 spiro atoms. The quantitative estimate of drug-likeness (QED) is 0.174. The Morgan fingerprint density at radius 3 is 2.46 bits per heavy atom. The number of amides is 3. The Morgan fingerprint density at radius 2 is 1.89 bits per heavy atom. The normalized spacial score (nSPS) is 25.5. The van der Waals surface area contributed by atoms with Gasteiger partial charge in [-0.1, -0.05) is 0 Å². The van der Waals surface area contributed by atoms with Crippen LogP contribution in [0.2, 0.25) is 0 Å². The van der Waals surface area contributed by atoms with E-state index in [1.165, 1.54) is 24.4 Å². The van der Waals surface area contributed by atoms with E-state index in [1.54, 1.807) is 0 Å². The van der Waals surface area contributed by atoms with Crippen molar-refractivity contribution in [2.24, 2.45) is 11.5 Å². The van der Waals surface area contributed by atoms with Gasteiger partial charge in [0.1, 0.15) is 11.4 Å². The molecule has 2 aliphatic rings. The van der Waals surface area contributed by atoms with Crippen molar-refractivity contribution in [1.82, 2.24) is 20.5 Å². The molecule has 7 N–H and O–H groups in total. The Hall–Kier alpha value is -3.56. The van der Waals surface area contributed by atoms with Crippen LogP contribution in [0.3, 0.4) is 0 Å². The van der Waals surface area contributed by atoms with Crippen molar-refractivity contribution in [3.05, 3.63) is 35.2 Å². The van der Waals surface area contributed by atoms with Gasteiger partial charge in [-0.05, 0) is 25.1 Å². The third kappa shape index (κ3) is 4.56. The predicted molar refractivity (Wildman–Crippen MR) is 121 cm³/mol. The molecule has 2 saturated heterocycles. The highest BCUT2D eigenvalue weighted by atomic mass is 32.2. The number of carbonyl (C=O) groups is 4. The van der Waals surface area contributed by atoms with E-state index >= 15 is 0 Å². The number of rotatable bonds is 9. The number of carbonyl (C=O) groups excluding carboxylic acids is 3. The highest BCUT2D eigenvalue weighted by Crippen LogP contribution is 2.49. The first-order valence-electron chi connectivity index (χ1n) is 10.5. The molecule has 2 fully saturated rings. The van der Waals surface area contributed by atoms with Gasteiger partial charge < -0.3 is 36.8 Å². The summed E-state index contributed by atoms with van der Waals surface area (Å²) in [5.74, 6) is -2.75. The molecular weight excluding hydrogens is 484 g/mol. The molecule has 1 aromatic heterocycles. The van der Waals surface area contributed by atoms with E-state index in [4.69, 9.17) is 16.2 Å². The smallest absolute Gasteiger partial charge is 0.407 e. The van der Waals surface area contributed by atoms with E-state index in [9.17, 15) is 32.7 Å². The number of hydrogen-bond donors (Lipinski definition) is 5. The monoisotopic (exact) mass is 510 g/mol. The maximum atomic E-state index is 13.4. The Bertz CT molecular complexity index is 1170. The molecule has 190 valence electrons. The van der Waals surface area contributed by atoms with Gasteiger partial charge in [0, 0.05) is 32.4 Å². The summed E-state index contributed by atoms with van der Waals surface area (Å²) in [5, 5.41) is 13.1. The van der Waals surface area contributed by atoms with Crippen molar-refractivity contribution in [3.63, 3.8) is 0 Å². The van der Waals surface area contributed by atoms with E-state index in [0.717, 1.165) is 11.8 Å². The molecule has 35 heavy (non-hydrogen) atoms. The highest BCUT2D eigenvalue weighted by Gasteiger charge is 2.72. The van der Waals surface area contributed by atoms with Gasteiger partial charge >= 0.3 is 12.1 Å². The van der Waals surface area contributed by atoms with E-state index < -0.39 is 56.5 Å². The number of sulfone groups is 1. The molecule has 0 radical (unpaired) electrons. The van der Waals surface area contributed by atoms with Gasteiger partial charge in [0.15, 0.2) is 21.3 Å². The molecule has 15 heteroatoms. The molecule has 0 unspecified atom stereocenters. The summed E-state index contributed by atoms with van der Waals surface area (Å²) in [5.41, 5.74) is 10.9. The molecule has 0 aromatic carbocycles. The summed E-state index contributed by atoms with van der Waals surface area (Å²) >= 11 is 0. The first-order chi connectivity index (χ1) is 16.5. The molecule has 2 aliphatic heterocycles. The Kier molecular flexibility index (Phi) is 7.42. The Balaban J connectivity index is 1.87. The number of nitrogens with two attached hydrogens (primary N) is 2. The van der Waals surface area contributed by atoms with Gasteiger partial charge in [-0.15, -0.1) is 0 Å². The first kappa shape index (κ1) is 26.1. The Morgan fingerprint density at radius 1 is 1.23 bits per heavy atom. The second-order valence-corrected chi connectivity index (χ2v) is 10.5. The minimum atomic E-state index is -4.35. The number of carboxylic acid groups (broad SMARTS) is 1. The van der Waals surface area contributed by atoms with Crippen molar-refractivity contribution in [2.75, 3.05) is 32.8 Å². The van der Waals surface area contributed by atoms with Crippen LogP contribution in [-0.2, 0) is 24.2 Å². The molecule has 1 aromatic rings. The van der Waals surface area contributed by atoms with E-state index in [-0.39, 0.29) is 43.0 Å². The van der Waals surface area contributed by atoms with Crippen molar-refractivity contribution in [1.29, 1.82) is 0 Å². The maximum absolute atomic E-state index is 13.4. The SMILES string of the molecule is C[C@]1(COC(=O)NCCN)[C@H](C(=O)O)N2C(=O)/C(=C/c3ccc(C(=O)NCCN)cn3)[C@H]2S1(=O)=O. The number of fused-ring (bicyclic) bond motifs is 1. The lowest BCUT2D eigenvalue weighted by Gasteiger charge is -2.37. The van der Waals surface area contributed by atoms with Crippen molar-refractivity contribution >= 4 is 39.8 Å². The van der Waals surface area contributed by atoms with Gasteiger partial charge in [0.05, 0.1) is 16.8 Å². The summed E-state index contributed by atoms with van der Waals surface area (Å²) in [6.45, 7) is 1.06. The first-order valence-corrected chi connectivity index (χ1v) is 12.1. The molecule has 14 nitrogen and oxygen atoms in total. The van der Waals surface area contributed by atoms with Crippen LogP contribution < -0.4 is 22.1 Å². The third-order valence-corrected chi connectivity index (χ3v) is 8.43. The van der Waals surface area contributed by atoms with Crippen LogP contribution in [0, 0.1) is 0 Å². The van der Waals surface area contributed by atoms with Gasteiger partial charge in [0.25, 0.3) is 11.8 Å². The Labute approximate surface area is 200 Å². The van der Waals surface area contributed by atoms with Gasteiger partial charge in [-0.3, -0.25) is 14.6 Å². The van der Waals surface area contributed by atoms with Crippen LogP contribution in [0.1, 0.15) is 23.0 Å². The molecule has 3 heterocycles. The minimum Gasteiger partial charge on any atom is -0.480 e. The fraction of sp³-hybridized carbons (Fsp3) is 0.450. The zero-order valence-corrected chi connectivity index (χ0v) is 19.6. The number of alkyl carbamates (subject to hydrolysis) is 1. The number of nitrogens with one attached hydrogen (secondary N) is 2. The van der Waals surface area contributed by atoms with Crippen LogP contribution in [0.25, 0.3) is 6.08 Å². The molecule has 3 rings (SSSR count). The molecule has 0 bridgehead atoms. The molecular formula is C20H26N6O8S. The lowest BCUT2D eigenvalue weighted by molar-refractivity contribution is -0.153. The summed E-state index contributed by atoms with van der Waals surface area (Å²) in [6.07, 6.45) is 1.51. The van der Waals surface area contributed by atoms with Crippen LogP contribution in [-0.4, -0.2) is 96.2 Å². The van der Waals surface area contributed by atoms with E-state index in [1.807, 2.05) is 0 Å². The maximum Gasteiger partial charge on any atom is 0.407 e. The third-order valence-electron chi connectivity index (χ3n) is 5.72. The topological polar surface area (TPSA) is 224 Å². The summed E-state index contributed by atoms with van der Waals surface area (Å²) < 4.78 is 29.6. The molecule has 3 amide bonds. The second-order valence-electron chi connectivity index (χ2n) is 8.07. The number of hydrogen-bond acceptors (Lipinski definition) is 10. The van der Waals surface area contributed by atoms with Crippen molar-refractivity contribution in [2.45, 2.75) is 23.1 Å². The highest BCUT2D eigenvalue weighted by molar-refractivity contribution is 7.94. The lowest BCUT2D eigenvalue weighted by atomic mass is 9.94. The van der Waals surface area contributed by atoms with Crippen LogP contribution in [0.4, 0.5) is 4.79 Å². The van der Waals surface area contributed by atoms with Crippen LogP contribution >= 0.6 is 0 Å². The zero-order valence-electron chi connectivity index (χ0n) is 18.8. The number of nitrogens with zero attached hydrogens (tertiary/aromatic N) is 2. The minimum absolute atomic E-state index is 0.0747. The van der Waals surface area contributed by atoms with Crippen LogP contribution in [0.15, 0.2) is 23.9 Å². The predicted octanol–water partition coefficient (Wildman–Crippen LogP) is -2.35. The number of ether oxygens (including phenoxy) is 1. The lowest BCUT2D eigenvalue weighted by Crippen LogP contribution is -2.59. The standard InChI is InChI=1S/C20H26N6O8S/c1-20(10-34-19(31)24-7-5-22)14(18(29)30)26-16(28)13(17(26)35(20,32)33)8-12-3-2-11(9-25-12)15(27)23-6-4-21/h2-3,8-9,14,17H,4-7,10,21-22H2,1H3,(H,23,27)(H,24,31)(H,29,30)/b13-8-/t14-,17+,20-/m0/s1. The molecule has 0 saturated carbocycles. The number of aliphatic carboxylic acids is 1. The fourth-order valence-corrected chi connectivity index (χ4v) is 6.18. The number of β-lactam (4-membered cyclic amide) rings is 1. The van der Waals surface area contributed by atoms with Gasteiger partial charge in [-0.2, -0.15) is 0 Å². The van der Waals surface area contributed by atoms with Crippen molar-refractivity contribution in [3.8, 4) is 0 Å². The molecule has 3 atom stereocenters. The number of aromatic nitrogens is 1. The average molecular weight is 511 g/mol. The summed E-state index contributed by atoms with van der Waals surface area (Å²) in [4.78, 5) is 53.4. The van der Waals surface area contributed by atoms with Gasteiger partial charge in [-0.25, -0.2) is 18.0 Å². The average Bonchev–Trinajstić information content (AvgIpc) is 2.99. The van der Waals surface area contributed by atoms with E-state index in [2.05, 4.69) is 15.6 Å². The number of carboxylic acids is 1. The number of pyridine rings is 1.